The van der Waals surface area contributed by atoms with Crippen LogP contribution in [-0.4, -0.2) is 12.1 Å². The van der Waals surface area contributed by atoms with E-state index >= 15 is 0 Å². The molecule has 0 amide bonds. The van der Waals surface area contributed by atoms with Crippen molar-refractivity contribution in [2.24, 2.45) is 11.5 Å². The van der Waals surface area contributed by atoms with E-state index in [1.807, 2.05) is 13.8 Å². The van der Waals surface area contributed by atoms with Crippen LogP contribution in [0.25, 0.3) is 0 Å². The molecule has 0 aliphatic carbocycles. The molecular weight excluding hydrogens is 172 g/mol. The fraction of sp³-hybridized carbons (Fsp3) is 0.500. The Morgan fingerprint density at radius 2 is 1.14 bits per heavy atom. The van der Waals surface area contributed by atoms with Crippen LogP contribution in [0, 0.1) is 0 Å². The Bertz CT molecular complexity index is 233. The van der Waals surface area contributed by atoms with Gasteiger partial charge >= 0.3 is 0 Å². The molecule has 0 fully saturated rings. The lowest BCUT2D eigenvalue weighted by Gasteiger charge is -2.08. The molecule has 0 bridgehead atoms. The lowest BCUT2D eigenvalue weighted by molar-refractivity contribution is 0.729. The Balaban J connectivity index is 2.59. The molecule has 0 spiro atoms. The van der Waals surface area contributed by atoms with Gasteiger partial charge < -0.3 is 11.5 Å². The van der Waals surface area contributed by atoms with Crippen molar-refractivity contribution >= 4 is 0 Å². The summed E-state index contributed by atoms with van der Waals surface area (Å²) in [6.07, 6.45) is 1.89. The van der Waals surface area contributed by atoms with E-state index in [1.165, 1.54) is 11.1 Å². The average Bonchev–Trinajstić information content (AvgIpc) is 2.06. The molecule has 14 heavy (non-hydrogen) atoms. The van der Waals surface area contributed by atoms with Crippen molar-refractivity contribution in [2.45, 2.75) is 38.8 Å². The van der Waals surface area contributed by atoms with Crippen molar-refractivity contribution in [3.8, 4) is 0 Å². The molecule has 0 saturated heterocycles. The lowest BCUT2D eigenvalue weighted by atomic mass is 10.0. The zero-order valence-electron chi connectivity index (χ0n) is 9.03. The van der Waals surface area contributed by atoms with Gasteiger partial charge in [-0.15, -0.1) is 0 Å². The molecule has 2 nitrogen and oxygen atoms in total. The molecule has 0 heterocycles. The molecule has 0 unspecified atom stereocenters. The normalized spacial score (nSPS) is 15.1. The zero-order valence-corrected chi connectivity index (χ0v) is 9.03. The van der Waals surface area contributed by atoms with Crippen LogP contribution in [0.2, 0.25) is 0 Å². The number of hydrogen-bond acceptors (Lipinski definition) is 2. The van der Waals surface area contributed by atoms with Gasteiger partial charge in [0.25, 0.3) is 0 Å². The summed E-state index contributed by atoms with van der Waals surface area (Å²) in [6.45, 7) is 4.05. The number of benzene rings is 1. The summed E-state index contributed by atoms with van der Waals surface area (Å²) >= 11 is 0. The molecule has 1 aromatic rings. The summed E-state index contributed by atoms with van der Waals surface area (Å²) in [5, 5.41) is 0. The minimum atomic E-state index is 0.231. The number of rotatable bonds is 4. The highest BCUT2D eigenvalue weighted by Gasteiger charge is 2.00. The monoisotopic (exact) mass is 192 g/mol. The maximum absolute atomic E-state index is 5.72. The van der Waals surface area contributed by atoms with E-state index in [0.717, 1.165) is 12.8 Å². The topological polar surface area (TPSA) is 52.0 Å². The third-order valence-corrected chi connectivity index (χ3v) is 2.14. The van der Waals surface area contributed by atoms with E-state index < -0.39 is 0 Å². The summed E-state index contributed by atoms with van der Waals surface area (Å²) in [4.78, 5) is 0. The quantitative estimate of drug-likeness (QED) is 0.759. The predicted octanol–water partition coefficient (Wildman–Crippen LogP) is 1.47. The average molecular weight is 192 g/mol. The molecule has 4 N–H and O–H groups in total. The first-order valence-electron chi connectivity index (χ1n) is 5.17. The second-order valence-electron chi connectivity index (χ2n) is 4.18. The first-order valence-corrected chi connectivity index (χ1v) is 5.17. The first-order chi connectivity index (χ1) is 6.58. The van der Waals surface area contributed by atoms with Crippen molar-refractivity contribution in [3.63, 3.8) is 0 Å². The molecule has 1 aromatic carbocycles. The molecule has 0 aromatic heterocycles. The largest absolute Gasteiger partial charge is 0.328 e. The van der Waals surface area contributed by atoms with Crippen LogP contribution >= 0.6 is 0 Å². The van der Waals surface area contributed by atoms with Crippen LogP contribution in [0.4, 0.5) is 0 Å². The Kier molecular flexibility index (Phi) is 4.11. The smallest absolute Gasteiger partial charge is 0.00509 e. The maximum Gasteiger partial charge on any atom is 0.00509 e. The van der Waals surface area contributed by atoms with Crippen molar-refractivity contribution in [1.29, 1.82) is 0 Å². The van der Waals surface area contributed by atoms with Gasteiger partial charge in [-0.3, -0.25) is 0 Å². The summed E-state index contributed by atoms with van der Waals surface area (Å²) in [5.74, 6) is 0. The van der Waals surface area contributed by atoms with E-state index in [4.69, 9.17) is 11.5 Å². The van der Waals surface area contributed by atoms with Crippen LogP contribution < -0.4 is 11.5 Å². The summed E-state index contributed by atoms with van der Waals surface area (Å²) in [5.41, 5.74) is 14.0. The van der Waals surface area contributed by atoms with Crippen LogP contribution in [0.1, 0.15) is 25.0 Å². The van der Waals surface area contributed by atoms with Crippen molar-refractivity contribution in [2.75, 3.05) is 0 Å². The predicted molar refractivity (Wildman–Crippen MR) is 61.1 cm³/mol. The number of hydrogen-bond donors (Lipinski definition) is 2. The van der Waals surface area contributed by atoms with Gasteiger partial charge in [-0.1, -0.05) is 24.3 Å². The number of nitrogens with two attached hydrogens (primary N) is 2. The third-order valence-electron chi connectivity index (χ3n) is 2.14. The Labute approximate surface area is 86.3 Å². The molecule has 2 atom stereocenters. The summed E-state index contributed by atoms with van der Waals surface area (Å²) < 4.78 is 0. The second kappa shape index (κ2) is 5.13. The third kappa shape index (κ3) is 3.90. The fourth-order valence-corrected chi connectivity index (χ4v) is 1.55. The molecule has 0 radical (unpaired) electrons. The molecule has 0 saturated carbocycles. The van der Waals surface area contributed by atoms with E-state index in [-0.39, 0.29) is 12.1 Å². The van der Waals surface area contributed by atoms with Crippen molar-refractivity contribution in [3.05, 3.63) is 35.4 Å². The molecule has 78 valence electrons. The first kappa shape index (κ1) is 11.2. The molecule has 0 aliphatic heterocycles. The highest BCUT2D eigenvalue weighted by molar-refractivity contribution is 5.23. The molecule has 0 aliphatic rings. The van der Waals surface area contributed by atoms with Gasteiger partial charge in [-0.05, 0) is 37.8 Å². The summed E-state index contributed by atoms with van der Waals surface area (Å²) in [6, 6.07) is 9.02. The second-order valence-corrected chi connectivity index (χ2v) is 4.18. The molecule has 1 rings (SSSR count). The van der Waals surface area contributed by atoms with Gasteiger partial charge in [0.2, 0.25) is 0 Å². The SMILES string of the molecule is C[C@H](N)Cc1ccc(C[C@H](C)N)cc1. The van der Waals surface area contributed by atoms with Crippen LogP contribution in [-0.2, 0) is 12.8 Å². The minimum Gasteiger partial charge on any atom is -0.328 e. The molecule has 2 heteroatoms. The lowest BCUT2D eigenvalue weighted by Crippen LogP contribution is -2.18. The van der Waals surface area contributed by atoms with Gasteiger partial charge in [0.05, 0.1) is 0 Å². The Hall–Kier alpha value is -0.860. The van der Waals surface area contributed by atoms with Gasteiger partial charge in [-0.2, -0.15) is 0 Å². The van der Waals surface area contributed by atoms with Crippen LogP contribution in [0.5, 0.6) is 0 Å². The summed E-state index contributed by atoms with van der Waals surface area (Å²) in [7, 11) is 0. The van der Waals surface area contributed by atoms with Gasteiger partial charge in [-0.25, -0.2) is 0 Å². The van der Waals surface area contributed by atoms with Crippen LogP contribution in [0.15, 0.2) is 24.3 Å². The van der Waals surface area contributed by atoms with Gasteiger partial charge in [0.1, 0.15) is 0 Å². The van der Waals surface area contributed by atoms with E-state index in [1.54, 1.807) is 0 Å². The maximum atomic E-state index is 5.72. The van der Waals surface area contributed by atoms with E-state index in [2.05, 4.69) is 24.3 Å². The van der Waals surface area contributed by atoms with Crippen LogP contribution in [0.3, 0.4) is 0 Å². The Morgan fingerprint density at radius 1 is 0.857 bits per heavy atom. The van der Waals surface area contributed by atoms with E-state index in [9.17, 15) is 0 Å². The van der Waals surface area contributed by atoms with Gasteiger partial charge in [0.15, 0.2) is 0 Å². The molecular formula is C12H20N2. The van der Waals surface area contributed by atoms with Gasteiger partial charge in [0, 0.05) is 12.1 Å². The van der Waals surface area contributed by atoms with Crippen molar-refractivity contribution < 1.29 is 0 Å². The highest BCUT2D eigenvalue weighted by Crippen LogP contribution is 2.07. The fourth-order valence-electron chi connectivity index (χ4n) is 1.55. The highest BCUT2D eigenvalue weighted by atomic mass is 14.6. The Morgan fingerprint density at radius 3 is 1.36 bits per heavy atom. The standard InChI is InChI=1S/C12H20N2/c1-9(13)7-11-3-5-12(6-4-11)8-10(2)14/h3-6,9-10H,7-8,13-14H2,1-2H3/t9-,10-/m0/s1. The van der Waals surface area contributed by atoms with Crippen molar-refractivity contribution in [1.82, 2.24) is 0 Å². The van der Waals surface area contributed by atoms with E-state index in [0.29, 0.717) is 0 Å². The zero-order chi connectivity index (χ0) is 10.6. The minimum absolute atomic E-state index is 0.231.